The number of hydrogen-bond donors (Lipinski definition) is 0. The van der Waals surface area contributed by atoms with E-state index in [1.54, 1.807) is 0 Å². The Bertz CT molecular complexity index is 206. The number of urea groups is 1. The van der Waals surface area contributed by atoms with Gasteiger partial charge in [0.05, 0.1) is 0 Å². The minimum absolute atomic E-state index is 0. The molecule has 0 aromatic heterocycles. The second-order valence-electron chi connectivity index (χ2n) is 2.80. The van der Waals surface area contributed by atoms with Crippen LogP contribution in [0.4, 0.5) is 4.79 Å². The van der Waals surface area contributed by atoms with Gasteiger partial charge < -0.3 is 0 Å². The Morgan fingerprint density at radius 2 is 1.31 bits per heavy atom. The zero-order valence-corrected chi connectivity index (χ0v) is 10.2. The second kappa shape index (κ2) is 4.21. The predicted molar refractivity (Wildman–Crippen MR) is 45.9 cm³/mol. The van der Waals surface area contributed by atoms with E-state index < -0.39 is 23.8 Å². The smallest absolute Gasteiger partial charge is 0.273 e. The molecule has 13 heavy (non-hydrogen) atoms. The molecule has 0 saturated carbocycles. The van der Waals surface area contributed by atoms with Crippen molar-refractivity contribution in [3.8, 4) is 0 Å². The van der Waals surface area contributed by atoms with Crippen molar-refractivity contribution in [3.63, 3.8) is 0 Å². The fourth-order valence-corrected chi connectivity index (χ4v) is 1.10. The van der Waals surface area contributed by atoms with Gasteiger partial charge in [-0.05, 0) is 6.92 Å². The number of amides is 4. The number of imide groups is 2. The molecule has 1 saturated heterocycles. The molecule has 0 aromatic carbocycles. The van der Waals surface area contributed by atoms with Crippen LogP contribution in [0.15, 0.2) is 0 Å². The number of carbonyl (C=O) groups excluding carboxylic acids is 3. The van der Waals surface area contributed by atoms with Gasteiger partial charge in [0, 0.05) is 43.7 Å². The van der Waals surface area contributed by atoms with Gasteiger partial charge in [-0.2, -0.15) is 0 Å². The fourth-order valence-electron chi connectivity index (χ4n) is 1.10. The van der Waals surface area contributed by atoms with Gasteiger partial charge in [0.1, 0.15) is 5.92 Å². The molecule has 0 atom stereocenters. The summed E-state index contributed by atoms with van der Waals surface area (Å²) >= 11 is 0. The fraction of sp³-hybridized carbons (Fsp3) is 0.571. The van der Waals surface area contributed by atoms with Gasteiger partial charge in [-0.1, -0.05) is 0 Å². The van der Waals surface area contributed by atoms with Gasteiger partial charge in [-0.15, -0.1) is 0 Å². The van der Waals surface area contributed by atoms with Crippen molar-refractivity contribution < 1.29 is 14.4 Å². The molecule has 4 amide bonds. The van der Waals surface area contributed by atoms with Gasteiger partial charge in [0.2, 0.25) is 11.8 Å². The maximum absolute atomic E-state index is 11.1. The maximum atomic E-state index is 11.1. The molecule has 0 aliphatic carbocycles. The predicted octanol–water partition coefficient (Wildman–Crippen LogP) is -0.708. The number of hydrogen-bond acceptors (Lipinski definition) is 3. The number of barbiturate groups is 1. The van der Waals surface area contributed by atoms with E-state index in [4.69, 9.17) is 0 Å². The van der Waals surface area contributed by atoms with E-state index in [0.29, 0.717) is 0 Å². The first-order chi connectivity index (χ1) is 5.46. The zero-order valence-electron chi connectivity index (χ0n) is 8.20. The summed E-state index contributed by atoms with van der Waals surface area (Å²) in [5.74, 6) is -1.62. The van der Waals surface area contributed by atoms with Crippen LogP contribution in [-0.2, 0) is 9.59 Å². The van der Waals surface area contributed by atoms with Crippen molar-refractivity contribution in [2.45, 2.75) is 6.92 Å². The Labute approximate surface area is 98.3 Å². The number of nitrogens with zero attached hydrogens (tertiary/aromatic N) is 2. The molecule has 1 fully saturated rings. The first-order valence-corrected chi connectivity index (χ1v) is 3.56. The van der Waals surface area contributed by atoms with Crippen LogP contribution >= 0.6 is 0 Å². The third-order valence-corrected chi connectivity index (χ3v) is 1.98. The first kappa shape index (κ1) is 12.6. The van der Waals surface area contributed by atoms with Crippen LogP contribution < -0.4 is 0 Å². The molecule has 1 heterocycles. The largest absolute Gasteiger partial charge is 0.332 e. The molecule has 5 nitrogen and oxygen atoms in total. The molecule has 0 bridgehead atoms. The van der Waals surface area contributed by atoms with Crippen LogP contribution in [0, 0.1) is 5.92 Å². The SMILES string of the molecule is CC1C(=O)N(C)C(=O)N(C)C1=O.[Na]. The summed E-state index contributed by atoms with van der Waals surface area (Å²) in [4.78, 5) is 35.3. The number of rotatable bonds is 0. The molecule has 1 aliphatic rings. The Hall–Kier alpha value is -0.390. The summed E-state index contributed by atoms with van der Waals surface area (Å²) in [6.07, 6.45) is 0. The van der Waals surface area contributed by atoms with Crippen molar-refractivity contribution in [2.24, 2.45) is 5.92 Å². The molecule has 0 unspecified atom stereocenters. The third kappa shape index (κ3) is 1.92. The Kier molecular flexibility index (Phi) is 4.09. The second-order valence-corrected chi connectivity index (χ2v) is 2.80. The molecule has 0 spiro atoms. The maximum Gasteiger partial charge on any atom is 0.332 e. The van der Waals surface area contributed by atoms with Crippen LogP contribution in [0.5, 0.6) is 0 Å². The summed E-state index contributed by atoms with van der Waals surface area (Å²) < 4.78 is 0. The molecule has 67 valence electrons. The molecule has 0 aromatic rings. The van der Waals surface area contributed by atoms with Crippen molar-refractivity contribution in [1.29, 1.82) is 0 Å². The molecular formula is C7H10N2NaO3. The molecular weight excluding hydrogens is 183 g/mol. The molecule has 6 heteroatoms. The molecule has 0 N–H and O–H groups in total. The monoisotopic (exact) mass is 193 g/mol. The summed E-state index contributed by atoms with van der Waals surface area (Å²) in [5.41, 5.74) is 0. The standard InChI is InChI=1S/C7H10N2O3.Na/c1-4-5(10)8(2)7(12)9(3)6(4)11;/h4H,1-3H3;. The van der Waals surface area contributed by atoms with Crippen LogP contribution in [-0.4, -0.2) is 71.3 Å². The average molecular weight is 193 g/mol. The van der Waals surface area contributed by atoms with Gasteiger partial charge >= 0.3 is 6.03 Å². The van der Waals surface area contributed by atoms with E-state index in [-0.39, 0.29) is 29.6 Å². The first-order valence-electron chi connectivity index (χ1n) is 3.56. The zero-order chi connectivity index (χ0) is 9.46. The van der Waals surface area contributed by atoms with Gasteiger partial charge in [-0.3, -0.25) is 19.4 Å². The summed E-state index contributed by atoms with van der Waals surface area (Å²) in [5, 5.41) is 0. The van der Waals surface area contributed by atoms with Gasteiger partial charge in [-0.25, -0.2) is 4.79 Å². The van der Waals surface area contributed by atoms with Crippen LogP contribution in [0.1, 0.15) is 6.92 Å². The van der Waals surface area contributed by atoms with Crippen molar-refractivity contribution >= 4 is 47.4 Å². The van der Waals surface area contributed by atoms with E-state index in [1.165, 1.54) is 21.0 Å². The van der Waals surface area contributed by atoms with E-state index >= 15 is 0 Å². The summed E-state index contributed by atoms with van der Waals surface area (Å²) in [6, 6.07) is -0.567. The van der Waals surface area contributed by atoms with Crippen molar-refractivity contribution in [1.82, 2.24) is 9.80 Å². The minimum atomic E-state index is -0.738. The van der Waals surface area contributed by atoms with E-state index in [0.717, 1.165) is 9.80 Å². The summed E-state index contributed by atoms with van der Waals surface area (Å²) in [7, 11) is 2.73. The minimum Gasteiger partial charge on any atom is -0.273 e. The van der Waals surface area contributed by atoms with E-state index in [2.05, 4.69) is 0 Å². The van der Waals surface area contributed by atoms with Crippen molar-refractivity contribution in [3.05, 3.63) is 0 Å². The van der Waals surface area contributed by atoms with Gasteiger partial charge in [0.15, 0.2) is 0 Å². The third-order valence-electron chi connectivity index (χ3n) is 1.98. The van der Waals surface area contributed by atoms with E-state index in [1.807, 2.05) is 0 Å². The Morgan fingerprint density at radius 1 is 1.00 bits per heavy atom. The van der Waals surface area contributed by atoms with Crippen molar-refractivity contribution in [2.75, 3.05) is 14.1 Å². The van der Waals surface area contributed by atoms with Gasteiger partial charge in [0.25, 0.3) is 0 Å². The quantitative estimate of drug-likeness (QED) is 0.377. The normalized spacial score (nSPS) is 19.2. The summed E-state index contributed by atoms with van der Waals surface area (Å²) in [6.45, 7) is 1.49. The van der Waals surface area contributed by atoms with E-state index in [9.17, 15) is 14.4 Å². The Morgan fingerprint density at radius 3 is 1.62 bits per heavy atom. The molecule has 1 aliphatic heterocycles. The topological polar surface area (TPSA) is 57.7 Å². The average Bonchev–Trinajstić information content (AvgIpc) is 2.08. The van der Waals surface area contributed by atoms with Crippen LogP contribution in [0.25, 0.3) is 0 Å². The Balaban J connectivity index is 0.00000144. The van der Waals surface area contributed by atoms with Crippen LogP contribution in [0.2, 0.25) is 0 Å². The molecule has 1 rings (SSSR count). The van der Waals surface area contributed by atoms with Crippen LogP contribution in [0.3, 0.4) is 0 Å². The number of carbonyl (C=O) groups is 3. The molecule has 1 radical (unpaired) electrons.